The van der Waals surface area contributed by atoms with E-state index in [-0.39, 0.29) is 52.4 Å². The minimum Gasteiger partial charge on any atom is -0.480 e. The van der Waals surface area contributed by atoms with Gasteiger partial charge in [0.15, 0.2) is 46.5 Å². The van der Waals surface area contributed by atoms with Crippen molar-refractivity contribution in [1.29, 1.82) is 0 Å². The summed E-state index contributed by atoms with van der Waals surface area (Å²) in [7, 11) is 0. The Morgan fingerprint density at radius 2 is 0.614 bits per heavy atom. The van der Waals surface area contributed by atoms with E-state index in [4.69, 9.17) is 0 Å². The topological polar surface area (TPSA) is 87.6 Å². The molecule has 1 saturated heterocycles. The molecule has 0 atom stereocenters. The molecule has 0 spiro atoms. The van der Waals surface area contributed by atoms with Gasteiger partial charge in [0.25, 0.3) is 0 Å². The molecule has 44 heavy (non-hydrogen) atoms. The summed E-state index contributed by atoms with van der Waals surface area (Å²) >= 11 is 0. The molecular weight excluding hydrogens is 622 g/mol. The first-order valence-electron chi connectivity index (χ1n) is 13.0. The van der Waals surface area contributed by atoms with Crippen LogP contribution in [-0.2, 0) is 22.7 Å². The predicted molar refractivity (Wildman–Crippen MR) is 131 cm³/mol. The van der Waals surface area contributed by atoms with E-state index >= 15 is 0 Å². The summed E-state index contributed by atoms with van der Waals surface area (Å²) in [6.45, 7) is -4.50. The number of rotatable bonds is 8. The fraction of sp³-hybridized carbons (Fsp3) is 0.462. The molecule has 1 heterocycles. The van der Waals surface area contributed by atoms with Crippen molar-refractivity contribution in [3.63, 3.8) is 0 Å². The number of halogens is 10. The molecule has 0 unspecified atom stereocenters. The molecule has 18 heteroatoms. The molecule has 0 aromatic heterocycles. The largest absolute Gasteiger partial charge is 0.480 e. The normalized spacial score (nSPS) is 17.0. The molecule has 1 aliphatic rings. The standard InChI is InChI=1S/C26H26F10N4O4/c27-17-13(18(28)22(32)25(35)21(17)31)9-37-1-5-39(11-15(41)42)7-3-38(4-8-40(6-2-37)12-16(43)44)10-14-19(29)23(33)26(36)24(34)20(14)30/h1-12H2,(H,41,42)(H,43,44). The summed E-state index contributed by atoms with van der Waals surface area (Å²) in [5.41, 5.74) is -2.31. The molecule has 8 nitrogen and oxygen atoms in total. The van der Waals surface area contributed by atoms with Gasteiger partial charge in [0.05, 0.1) is 13.1 Å². The fourth-order valence-electron chi connectivity index (χ4n) is 4.62. The van der Waals surface area contributed by atoms with E-state index in [2.05, 4.69) is 0 Å². The summed E-state index contributed by atoms with van der Waals surface area (Å²) in [6.07, 6.45) is 0. The van der Waals surface area contributed by atoms with E-state index < -0.39 is 107 Å². The average Bonchev–Trinajstić information content (AvgIpc) is 2.97. The minimum atomic E-state index is -2.35. The van der Waals surface area contributed by atoms with Gasteiger partial charge in [0.2, 0.25) is 11.6 Å². The van der Waals surface area contributed by atoms with E-state index in [0.29, 0.717) is 0 Å². The Kier molecular flexibility index (Phi) is 11.9. The summed E-state index contributed by atoms with van der Waals surface area (Å²) in [6, 6.07) is 0. The van der Waals surface area contributed by atoms with Crippen LogP contribution in [0.5, 0.6) is 0 Å². The number of hydrogen-bond acceptors (Lipinski definition) is 6. The van der Waals surface area contributed by atoms with Gasteiger partial charge in [0.1, 0.15) is 0 Å². The van der Waals surface area contributed by atoms with Crippen LogP contribution < -0.4 is 0 Å². The van der Waals surface area contributed by atoms with E-state index in [1.54, 1.807) is 0 Å². The van der Waals surface area contributed by atoms with Crippen LogP contribution in [0, 0.1) is 58.2 Å². The maximum atomic E-state index is 14.4. The quantitative estimate of drug-likeness (QED) is 0.257. The Balaban J connectivity index is 1.91. The van der Waals surface area contributed by atoms with Gasteiger partial charge in [-0.3, -0.25) is 29.2 Å². The molecule has 3 rings (SSSR count). The Morgan fingerprint density at radius 3 is 0.841 bits per heavy atom. The van der Waals surface area contributed by atoms with Crippen molar-refractivity contribution in [3.05, 3.63) is 69.3 Å². The maximum Gasteiger partial charge on any atom is 0.317 e. The van der Waals surface area contributed by atoms with Crippen molar-refractivity contribution >= 4 is 11.9 Å². The Bertz CT molecular complexity index is 1220. The number of hydrogen-bond donors (Lipinski definition) is 2. The van der Waals surface area contributed by atoms with Crippen molar-refractivity contribution in [2.45, 2.75) is 13.1 Å². The molecule has 244 valence electrons. The molecule has 0 radical (unpaired) electrons. The van der Waals surface area contributed by atoms with Gasteiger partial charge in [-0.05, 0) is 0 Å². The predicted octanol–water partition coefficient (Wildman–Crippen LogP) is 3.17. The van der Waals surface area contributed by atoms with Gasteiger partial charge in [-0.2, -0.15) is 0 Å². The Morgan fingerprint density at radius 1 is 0.409 bits per heavy atom. The molecule has 2 aromatic rings. The maximum absolute atomic E-state index is 14.4. The fourth-order valence-corrected chi connectivity index (χ4v) is 4.62. The monoisotopic (exact) mass is 648 g/mol. The van der Waals surface area contributed by atoms with Crippen LogP contribution in [0.2, 0.25) is 0 Å². The third-order valence-electron chi connectivity index (χ3n) is 7.01. The molecule has 2 N–H and O–H groups in total. The highest BCUT2D eigenvalue weighted by Crippen LogP contribution is 2.26. The number of carboxylic acid groups (broad SMARTS) is 2. The van der Waals surface area contributed by atoms with Crippen LogP contribution in [0.15, 0.2) is 0 Å². The zero-order chi connectivity index (χ0) is 32.9. The summed E-state index contributed by atoms with van der Waals surface area (Å²) in [5.74, 6) is -24.3. The van der Waals surface area contributed by atoms with E-state index in [1.807, 2.05) is 0 Å². The number of carbonyl (C=O) groups is 2. The number of nitrogens with zero attached hydrogens (tertiary/aromatic N) is 4. The Hall–Kier alpha value is -3.48. The number of benzene rings is 2. The van der Waals surface area contributed by atoms with Crippen molar-refractivity contribution < 1.29 is 63.7 Å². The van der Waals surface area contributed by atoms with Crippen molar-refractivity contribution in [2.24, 2.45) is 0 Å². The molecule has 0 bridgehead atoms. The second kappa shape index (κ2) is 15.0. The molecular formula is C26H26F10N4O4. The molecule has 0 amide bonds. The van der Waals surface area contributed by atoms with Crippen molar-refractivity contribution in [2.75, 3.05) is 65.4 Å². The first-order valence-corrected chi connectivity index (χ1v) is 13.0. The average molecular weight is 648 g/mol. The second-order valence-electron chi connectivity index (χ2n) is 9.99. The van der Waals surface area contributed by atoms with E-state index in [9.17, 15) is 63.7 Å². The van der Waals surface area contributed by atoms with Crippen LogP contribution >= 0.6 is 0 Å². The number of aliphatic carboxylic acids is 2. The highest BCUT2D eigenvalue weighted by atomic mass is 19.2. The smallest absolute Gasteiger partial charge is 0.317 e. The molecule has 1 aliphatic heterocycles. The summed E-state index contributed by atoms with van der Waals surface area (Å²) in [4.78, 5) is 27.9. The molecule has 0 aliphatic carbocycles. The van der Waals surface area contributed by atoms with Crippen LogP contribution in [-0.4, -0.2) is 107 Å². The lowest BCUT2D eigenvalue weighted by atomic mass is 10.1. The van der Waals surface area contributed by atoms with Gasteiger partial charge in [-0.1, -0.05) is 0 Å². The number of carboxylic acids is 2. The van der Waals surface area contributed by atoms with Gasteiger partial charge in [-0.15, -0.1) is 0 Å². The Labute approximate surface area is 243 Å². The third-order valence-corrected chi connectivity index (χ3v) is 7.01. The van der Waals surface area contributed by atoms with Crippen LogP contribution in [0.3, 0.4) is 0 Å². The van der Waals surface area contributed by atoms with Gasteiger partial charge < -0.3 is 10.2 Å². The second-order valence-corrected chi connectivity index (χ2v) is 9.99. The first-order chi connectivity index (χ1) is 20.6. The van der Waals surface area contributed by atoms with E-state index in [1.165, 1.54) is 19.6 Å². The zero-order valence-electron chi connectivity index (χ0n) is 22.8. The molecule has 2 aromatic carbocycles. The third kappa shape index (κ3) is 8.36. The van der Waals surface area contributed by atoms with Crippen LogP contribution in [0.1, 0.15) is 11.1 Å². The van der Waals surface area contributed by atoms with Crippen molar-refractivity contribution in [3.8, 4) is 0 Å². The SMILES string of the molecule is O=C(O)CN1CCN(Cc2c(F)c(F)c(F)c(F)c2F)CCN(CC(=O)O)CCN(Cc2c(F)c(F)c(F)c(F)c2F)CC1. The van der Waals surface area contributed by atoms with Crippen LogP contribution in [0.4, 0.5) is 43.9 Å². The summed E-state index contributed by atoms with van der Waals surface area (Å²) < 4.78 is 140. The van der Waals surface area contributed by atoms with Gasteiger partial charge in [-0.25, -0.2) is 43.9 Å². The van der Waals surface area contributed by atoms with Gasteiger partial charge >= 0.3 is 11.9 Å². The lowest BCUT2D eigenvalue weighted by molar-refractivity contribution is -0.139. The zero-order valence-corrected chi connectivity index (χ0v) is 22.8. The summed E-state index contributed by atoms with van der Waals surface area (Å²) in [5, 5.41) is 18.7. The van der Waals surface area contributed by atoms with E-state index in [0.717, 1.165) is 0 Å². The van der Waals surface area contributed by atoms with Gasteiger partial charge in [0, 0.05) is 76.6 Å². The first kappa shape index (κ1) is 35.0. The minimum absolute atomic E-state index is 0.184. The lowest BCUT2D eigenvalue weighted by Crippen LogP contribution is -2.47. The van der Waals surface area contributed by atoms with Crippen molar-refractivity contribution in [1.82, 2.24) is 19.6 Å². The van der Waals surface area contributed by atoms with Crippen LogP contribution in [0.25, 0.3) is 0 Å². The highest BCUT2D eigenvalue weighted by Gasteiger charge is 2.29. The molecule has 1 fully saturated rings. The lowest BCUT2D eigenvalue weighted by Gasteiger charge is -2.33. The molecule has 0 saturated carbocycles. The highest BCUT2D eigenvalue weighted by molar-refractivity contribution is 5.69.